The highest BCUT2D eigenvalue weighted by Gasteiger charge is 2.32. The van der Waals surface area contributed by atoms with E-state index in [0.29, 0.717) is 35.9 Å². The van der Waals surface area contributed by atoms with E-state index in [2.05, 4.69) is 25.8 Å². The summed E-state index contributed by atoms with van der Waals surface area (Å²) < 4.78 is 7.76. The molecule has 1 aliphatic rings. The van der Waals surface area contributed by atoms with Crippen LogP contribution in [0.5, 0.6) is 5.75 Å². The number of rotatable bonds is 9. The predicted molar refractivity (Wildman–Crippen MR) is 162 cm³/mol. The maximum atomic E-state index is 13.6. The number of nitrogens with zero attached hydrogens (tertiary/aromatic N) is 4. The van der Waals surface area contributed by atoms with Gasteiger partial charge in [-0.1, -0.05) is 36.4 Å². The fraction of sp³-hybridized carbons (Fsp3) is 0.219. The molecule has 1 aliphatic heterocycles. The van der Waals surface area contributed by atoms with Gasteiger partial charge in [0.1, 0.15) is 12.4 Å². The molecule has 0 saturated carbocycles. The molecule has 43 heavy (non-hydrogen) atoms. The van der Waals surface area contributed by atoms with Crippen LogP contribution in [0.4, 0.5) is 11.5 Å². The van der Waals surface area contributed by atoms with Crippen molar-refractivity contribution >= 4 is 34.2 Å². The number of carbonyl (C=O) groups excluding carboxylic acids is 2. The highest BCUT2D eigenvalue weighted by Crippen LogP contribution is 2.26. The summed E-state index contributed by atoms with van der Waals surface area (Å²) in [6.07, 6.45) is 3.36. The quantitative estimate of drug-likeness (QED) is 0.239. The Morgan fingerprint density at radius 3 is 2.70 bits per heavy atom. The van der Waals surface area contributed by atoms with Gasteiger partial charge in [-0.3, -0.25) is 19.5 Å². The van der Waals surface area contributed by atoms with E-state index in [1.165, 1.54) is 6.07 Å². The molecule has 4 heterocycles. The Hall–Kier alpha value is -5.45. The number of amides is 2. The summed E-state index contributed by atoms with van der Waals surface area (Å²) in [5.74, 6) is 0.0451. The van der Waals surface area contributed by atoms with Crippen LogP contribution in [0, 0.1) is 0 Å². The van der Waals surface area contributed by atoms with Crippen LogP contribution in [0.3, 0.4) is 0 Å². The number of hydrogen-bond acceptors (Lipinski definition) is 7. The number of pyridine rings is 2. The molecule has 5 aromatic rings. The smallest absolute Gasteiger partial charge is 0.274 e. The van der Waals surface area contributed by atoms with Crippen LogP contribution in [0.15, 0.2) is 83.9 Å². The van der Waals surface area contributed by atoms with Crippen LogP contribution in [0.25, 0.3) is 10.9 Å². The molecule has 11 nitrogen and oxygen atoms in total. The molecule has 0 unspecified atom stereocenters. The molecule has 0 spiro atoms. The second-order valence-corrected chi connectivity index (χ2v) is 10.6. The lowest BCUT2D eigenvalue weighted by atomic mass is 10.1. The van der Waals surface area contributed by atoms with E-state index in [-0.39, 0.29) is 42.5 Å². The summed E-state index contributed by atoms with van der Waals surface area (Å²) in [6, 6.07) is 19.8. The van der Waals surface area contributed by atoms with Crippen molar-refractivity contribution in [2.24, 2.45) is 0 Å². The first-order chi connectivity index (χ1) is 20.9. The lowest BCUT2D eigenvalue weighted by Crippen LogP contribution is -2.46. The Bertz CT molecular complexity index is 1860. The van der Waals surface area contributed by atoms with E-state index in [4.69, 9.17) is 4.74 Å². The molecule has 11 heteroatoms. The summed E-state index contributed by atoms with van der Waals surface area (Å²) in [5, 5.41) is 14.0. The largest absolute Gasteiger partial charge is 0.483 e. The van der Waals surface area contributed by atoms with E-state index in [1.54, 1.807) is 40.1 Å². The van der Waals surface area contributed by atoms with Gasteiger partial charge in [0, 0.05) is 48.3 Å². The number of hydrogen-bond donors (Lipinski definition) is 3. The summed E-state index contributed by atoms with van der Waals surface area (Å²) in [6.45, 7) is 5.05. The zero-order valence-corrected chi connectivity index (χ0v) is 23.8. The third-order valence-electron chi connectivity index (χ3n) is 7.42. The fourth-order valence-electron chi connectivity index (χ4n) is 5.21. The lowest BCUT2D eigenvalue weighted by molar-refractivity contribution is 0.0636. The number of carbonyl (C=O) groups is 2. The highest BCUT2D eigenvalue weighted by molar-refractivity contribution is 5.97. The molecule has 0 aliphatic carbocycles. The van der Waals surface area contributed by atoms with Gasteiger partial charge in [0.2, 0.25) is 5.43 Å². The first-order valence-corrected chi connectivity index (χ1v) is 14.1. The number of ether oxygens (including phenoxy) is 1. The molecular formula is C32H31N7O4. The Labute approximate surface area is 247 Å². The third-order valence-corrected chi connectivity index (χ3v) is 7.42. The highest BCUT2D eigenvalue weighted by atomic mass is 16.5. The minimum absolute atomic E-state index is 0.0225. The minimum atomic E-state index is -0.405. The van der Waals surface area contributed by atoms with E-state index >= 15 is 0 Å². The average molecular weight is 578 g/mol. The van der Waals surface area contributed by atoms with Gasteiger partial charge in [0.05, 0.1) is 23.6 Å². The van der Waals surface area contributed by atoms with E-state index in [1.807, 2.05) is 56.3 Å². The van der Waals surface area contributed by atoms with Gasteiger partial charge in [-0.25, -0.2) is 4.98 Å². The molecular weight excluding hydrogens is 546 g/mol. The van der Waals surface area contributed by atoms with Crippen molar-refractivity contribution in [3.05, 3.63) is 112 Å². The normalized spacial score (nSPS) is 12.8. The molecule has 0 radical (unpaired) electrons. The molecule has 218 valence electrons. The summed E-state index contributed by atoms with van der Waals surface area (Å²) >= 11 is 0. The van der Waals surface area contributed by atoms with Crippen LogP contribution in [0.2, 0.25) is 0 Å². The van der Waals surface area contributed by atoms with Gasteiger partial charge in [0.25, 0.3) is 11.8 Å². The van der Waals surface area contributed by atoms with Crippen molar-refractivity contribution in [2.75, 3.05) is 11.9 Å². The number of anilines is 2. The van der Waals surface area contributed by atoms with Crippen molar-refractivity contribution in [1.82, 2.24) is 30.0 Å². The van der Waals surface area contributed by atoms with Gasteiger partial charge in [0.15, 0.2) is 11.4 Å². The van der Waals surface area contributed by atoms with E-state index < -0.39 is 5.43 Å². The second kappa shape index (κ2) is 11.8. The topological polar surface area (TPSA) is 134 Å². The third kappa shape index (κ3) is 5.69. The van der Waals surface area contributed by atoms with Crippen molar-refractivity contribution in [3.8, 4) is 5.75 Å². The molecule has 0 saturated heterocycles. The van der Waals surface area contributed by atoms with Gasteiger partial charge < -0.3 is 24.8 Å². The summed E-state index contributed by atoms with van der Waals surface area (Å²) in [5.41, 5.74) is 3.17. The van der Waals surface area contributed by atoms with Crippen LogP contribution in [-0.2, 0) is 19.7 Å². The standard InChI is InChI=1S/C32H31N7O4/c1-20(2)38-13-14-39-24(16-27(40)29(28(39)32(38)42)43-19-21-7-4-3-5-8-21)17-34-31(41)22-9-6-10-23(15-22)36-30-25-18-35-37-26(25)11-12-33-30/h3-12,15-16,18,20H,13-14,17,19H2,1-2H3,(H,33,36)(H,34,41)(H,35,37). The Morgan fingerprint density at radius 2 is 1.88 bits per heavy atom. The monoisotopic (exact) mass is 577 g/mol. The van der Waals surface area contributed by atoms with E-state index in [9.17, 15) is 14.4 Å². The number of benzene rings is 2. The second-order valence-electron chi connectivity index (χ2n) is 10.6. The minimum Gasteiger partial charge on any atom is -0.483 e. The number of fused-ring (bicyclic) bond motifs is 2. The zero-order valence-electron chi connectivity index (χ0n) is 23.8. The Balaban J connectivity index is 1.23. The Kier molecular flexibility index (Phi) is 7.61. The fourth-order valence-corrected chi connectivity index (χ4v) is 5.21. The number of aromatic nitrogens is 4. The maximum absolute atomic E-state index is 13.6. The molecule has 0 bridgehead atoms. The Morgan fingerprint density at radius 1 is 1.05 bits per heavy atom. The zero-order chi connectivity index (χ0) is 29.9. The summed E-state index contributed by atoms with van der Waals surface area (Å²) in [7, 11) is 0. The van der Waals surface area contributed by atoms with Crippen LogP contribution in [-0.4, -0.2) is 49.0 Å². The van der Waals surface area contributed by atoms with Crippen molar-refractivity contribution in [1.29, 1.82) is 0 Å². The van der Waals surface area contributed by atoms with Crippen LogP contribution >= 0.6 is 0 Å². The van der Waals surface area contributed by atoms with E-state index in [0.717, 1.165) is 16.5 Å². The number of nitrogens with one attached hydrogen (secondary N) is 3. The van der Waals surface area contributed by atoms with Gasteiger partial charge in [-0.15, -0.1) is 0 Å². The van der Waals surface area contributed by atoms with Gasteiger partial charge >= 0.3 is 0 Å². The van der Waals surface area contributed by atoms with Crippen molar-refractivity contribution in [3.63, 3.8) is 0 Å². The van der Waals surface area contributed by atoms with Crippen LogP contribution < -0.4 is 20.8 Å². The van der Waals surface area contributed by atoms with Crippen molar-refractivity contribution in [2.45, 2.75) is 39.6 Å². The summed E-state index contributed by atoms with van der Waals surface area (Å²) in [4.78, 5) is 46.2. The van der Waals surface area contributed by atoms with Crippen molar-refractivity contribution < 1.29 is 14.3 Å². The molecule has 0 atom stereocenters. The maximum Gasteiger partial charge on any atom is 0.274 e. The lowest BCUT2D eigenvalue weighted by Gasteiger charge is -2.35. The predicted octanol–water partition coefficient (Wildman–Crippen LogP) is 4.24. The molecule has 0 fully saturated rings. The SMILES string of the molecule is CC(C)N1CCn2c(CNC(=O)c3cccc(Nc4nccc5[nH]ncc45)c3)cc(=O)c(OCc3ccccc3)c2C1=O. The van der Waals surface area contributed by atoms with Gasteiger partial charge in [-0.05, 0) is 43.7 Å². The molecule has 3 N–H and O–H groups in total. The molecule has 2 aromatic carbocycles. The number of H-pyrrole nitrogens is 1. The molecule has 2 amide bonds. The first kappa shape index (κ1) is 27.7. The average Bonchev–Trinajstić information content (AvgIpc) is 3.50. The van der Waals surface area contributed by atoms with Gasteiger partial charge in [-0.2, -0.15) is 5.10 Å². The first-order valence-electron chi connectivity index (χ1n) is 14.1. The van der Waals surface area contributed by atoms with Crippen LogP contribution in [0.1, 0.15) is 46.0 Å². The number of aromatic amines is 1. The molecule has 3 aromatic heterocycles. The molecule has 6 rings (SSSR count).